The zero-order valence-electron chi connectivity index (χ0n) is 6.10. The Kier molecular flexibility index (Phi) is 3.17. The molecular formula is C7H3Cl2F2NO. The van der Waals surface area contributed by atoms with Gasteiger partial charge in [0.25, 0.3) is 11.7 Å². The highest BCUT2D eigenvalue weighted by molar-refractivity contribution is 6.68. The lowest BCUT2D eigenvalue weighted by molar-refractivity contribution is 0.107. The first-order chi connectivity index (χ1) is 6.02. The van der Waals surface area contributed by atoms with Crippen LogP contribution in [0.25, 0.3) is 0 Å². The van der Waals surface area contributed by atoms with E-state index in [1.54, 1.807) is 0 Å². The molecule has 0 unspecified atom stereocenters. The zero-order chi connectivity index (χ0) is 10.0. The van der Waals surface area contributed by atoms with Gasteiger partial charge in [0.05, 0.1) is 5.02 Å². The van der Waals surface area contributed by atoms with E-state index in [-0.39, 0.29) is 10.7 Å². The SMILES string of the molecule is O=C(Cl)c1nc(C(F)F)ccc1Cl. The fraction of sp³-hybridized carbons (Fsp3) is 0.143. The molecule has 0 radical (unpaired) electrons. The average molecular weight is 226 g/mol. The smallest absolute Gasteiger partial charge is 0.274 e. The molecule has 1 aromatic rings. The Balaban J connectivity index is 3.19. The fourth-order valence-corrected chi connectivity index (χ4v) is 1.10. The summed E-state index contributed by atoms with van der Waals surface area (Å²) in [6.45, 7) is 0. The van der Waals surface area contributed by atoms with Crippen molar-refractivity contribution < 1.29 is 13.6 Å². The molecule has 2 nitrogen and oxygen atoms in total. The number of rotatable bonds is 2. The zero-order valence-corrected chi connectivity index (χ0v) is 7.61. The number of halogens is 4. The van der Waals surface area contributed by atoms with Gasteiger partial charge >= 0.3 is 0 Å². The number of carbonyl (C=O) groups is 1. The van der Waals surface area contributed by atoms with E-state index < -0.39 is 17.4 Å². The van der Waals surface area contributed by atoms with Crippen LogP contribution in [0, 0.1) is 0 Å². The molecule has 0 amide bonds. The lowest BCUT2D eigenvalue weighted by atomic mass is 10.3. The van der Waals surface area contributed by atoms with E-state index >= 15 is 0 Å². The molecule has 1 aromatic heterocycles. The number of hydrogen-bond donors (Lipinski definition) is 0. The lowest BCUT2D eigenvalue weighted by Gasteiger charge is -2.01. The summed E-state index contributed by atoms with van der Waals surface area (Å²) >= 11 is 10.5. The third-order valence-corrected chi connectivity index (χ3v) is 1.76. The Hall–Kier alpha value is -0.740. The van der Waals surface area contributed by atoms with Gasteiger partial charge in [-0.2, -0.15) is 0 Å². The van der Waals surface area contributed by atoms with Crippen LogP contribution >= 0.6 is 23.2 Å². The Labute approximate surface area is 82.5 Å². The number of aromatic nitrogens is 1. The minimum Gasteiger partial charge on any atom is -0.274 e. The van der Waals surface area contributed by atoms with Gasteiger partial charge in [0.2, 0.25) is 0 Å². The average Bonchev–Trinajstić information content (AvgIpc) is 2.04. The first kappa shape index (κ1) is 10.3. The van der Waals surface area contributed by atoms with E-state index in [2.05, 4.69) is 4.98 Å². The van der Waals surface area contributed by atoms with Crippen LogP contribution in [-0.2, 0) is 0 Å². The van der Waals surface area contributed by atoms with E-state index in [0.29, 0.717) is 0 Å². The summed E-state index contributed by atoms with van der Waals surface area (Å²) in [7, 11) is 0. The van der Waals surface area contributed by atoms with Gasteiger partial charge in [-0.15, -0.1) is 0 Å². The van der Waals surface area contributed by atoms with Gasteiger partial charge in [-0.05, 0) is 23.7 Å². The van der Waals surface area contributed by atoms with Crippen LogP contribution < -0.4 is 0 Å². The molecule has 0 aromatic carbocycles. The van der Waals surface area contributed by atoms with Crippen LogP contribution in [0.1, 0.15) is 22.6 Å². The molecule has 1 rings (SSSR count). The maximum atomic E-state index is 12.1. The van der Waals surface area contributed by atoms with Gasteiger partial charge < -0.3 is 0 Å². The van der Waals surface area contributed by atoms with E-state index in [9.17, 15) is 13.6 Å². The predicted molar refractivity (Wildman–Crippen MR) is 44.4 cm³/mol. The van der Waals surface area contributed by atoms with Crippen LogP contribution in [0.15, 0.2) is 12.1 Å². The molecule has 0 aliphatic heterocycles. The van der Waals surface area contributed by atoms with Crippen LogP contribution in [0.2, 0.25) is 5.02 Å². The first-order valence-corrected chi connectivity index (χ1v) is 3.92. The van der Waals surface area contributed by atoms with Crippen LogP contribution in [-0.4, -0.2) is 10.2 Å². The van der Waals surface area contributed by atoms with Crippen LogP contribution in [0.3, 0.4) is 0 Å². The fourth-order valence-electron chi connectivity index (χ4n) is 0.717. The summed E-state index contributed by atoms with van der Waals surface area (Å²) in [5, 5.41) is -0.989. The monoisotopic (exact) mass is 225 g/mol. The Morgan fingerprint density at radius 2 is 2.08 bits per heavy atom. The third kappa shape index (κ3) is 2.35. The highest BCUT2D eigenvalue weighted by Crippen LogP contribution is 2.21. The largest absolute Gasteiger partial charge is 0.280 e. The number of nitrogens with zero attached hydrogens (tertiary/aromatic N) is 1. The lowest BCUT2D eigenvalue weighted by Crippen LogP contribution is -1.99. The summed E-state index contributed by atoms with van der Waals surface area (Å²) in [4.78, 5) is 13.9. The van der Waals surface area contributed by atoms with E-state index in [0.717, 1.165) is 12.1 Å². The molecular weight excluding hydrogens is 223 g/mol. The number of hydrogen-bond acceptors (Lipinski definition) is 2. The quantitative estimate of drug-likeness (QED) is 0.725. The summed E-state index contributed by atoms with van der Waals surface area (Å²) in [5.74, 6) is 0. The highest BCUT2D eigenvalue weighted by Gasteiger charge is 2.15. The molecule has 0 aliphatic carbocycles. The number of pyridine rings is 1. The van der Waals surface area contributed by atoms with E-state index in [1.807, 2.05) is 0 Å². The number of carbonyl (C=O) groups excluding carboxylic acids is 1. The molecule has 13 heavy (non-hydrogen) atoms. The van der Waals surface area contributed by atoms with Crippen molar-refractivity contribution in [2.75, 3.05) is 0 Å². The molecule has 0 aliphatic rings. The van der Waals surface area contributed by atoms with Gasteiger partial charge in [-0.25, -0.2) is 13.8 Å². The maximum Gasteiger partial charge on any atom is 0.280 e. The Morgan fingerprint density at radius 1 is 1.46 bits per heavy atom. The second-order valence-corrected chi connectivity index (χ2v) is 2.89. The molecule has 0 N–H and O–H groups in total. The van der Waals surface area contributed by atoms with Crippen LogP contribution in [0.5, 0.6) is 0 Å². The van der Waals surface area contributed by atoms with Crippen molar-refractivity contribution in [1.82, 2.24) is 4.98 Å². The van der Waals surface area contributed by atoms with Gasteiger partial charge in [0.15, 0.2) is 0 Å². The van der Waals surface area contributed by atoms with Crippen molar-refractivity contribution in [3.05, 3.63) is 28.5 Å². The van der Waals surface area contributed by atoms with Gasteiger partial charge in [0.1, 0.15) is 11.4 Å². The molecule has 0 saturated carbocycles. The Bertz CT molecular complexity index is 343. The molecule has 0 saturated heterocycles. The number of alkyl halides is 2. The molecule has 1 heterocycles. The van der Waals surface area contributed by atoms with Crippen molar-refractivity contribution >= 4 is 28.4 Å². The summed E-state index contributed by atoms with van der Waals surface area (Å²) < 4.78 is 24.2. The standard InChI is InChI=1S/C7H3Cl2F2NO/c8-3-1-2-4(7(10)11)12-5(3)6(9)13/h1-2,7H. The second kappa shape index (κ2) is 3.98. The van der Waals surface area contributed by atoms with Crippen molar-refractivity contribution in [2.45, 2.75) is 6.43 Å². The third-order valence-electron chi connectivity index (χ3n) is 1.28. The first-order valence-electron chi connectivity index (χ1n) is 3.17. The van der Waals surface area contributed by atoms with Crippen molar-refractivity contribution in [3.63, 3.8) is 0 Å². The predicted octanol–water partition coefficient (Wildman–Crippen LogP) is 3.05. The molecule has 0 atom stereocenters. The molecule has 0 fully saturated rings. The van der Waals surface area contributed by atoms with E-state index in [4.69, 9.17) is 23.2 Å². The van der Waals surface area contributed by atoms with Crippen LogP contribution in [0.4, 0.5) is 8.78 Å². The van der Waals surface area contributed by atoms with Crippen molar-refractivity contribution in [2.24, 2.45) is 0 Å². The van der Waals surface area contributed by atoms with Gasteiger partial charge in [-0.3, -0.25) is 4.79 Å². The minimum atomic E-state index is -2.74. The minimum absolute atomic E-state index is 0.0376. The summed E-state index contributed by atoms with van der Waals surface area (Å²) in [6, 6.07) is 2.20. The van der Waals surface area contributed by atoms with Crippen molar-refractivity contribution in [1.29, 1.82) is 0 Å². The van der Waals surface area contributed by atoms with Gasteiger partial charge in [-0.1, -0.05) is 11.6 Å². The molecule has 0 spiro atoms. The normalized spacial score (nSPS) is 10.5. The maximum absolute atomic E-state index is 12.1. The summed E-state index contributed by atoms with van der Waals surface area (Å²) in [6.07, 6.45) is -2.74. The second-order valence-electron chi connectivity index (χ2n) is 2.14. The van der Waals surface area contributed by atoms with Gasteiger partial charge in [0, 0.05) is 0 Å². The Morgan fingerprint density at radius 3 is 2.54 bits per heavy atom. The van der Waals surface area contributed by atoms with E-state index in [1.165, 1.54) is 0 Å². The molecule has 6 heteroatoms. The molecule has 70 valence electrons. The topological polar surface area (TPSA) is 30.0 Å². The summed E-state index contributed by atoms with van der Waals surface area (Å²) in [5.41, 5.74) is -0.866. The molecule has 0 bridgehead atoms. The highest BCUT2D eigenvalue weighted by atomic mass is 35.5. The van der Waals surface area contributed by atoms with Crippen molar-refractivity contribution in [3.8, 4) is 0 Å².